The van der Waals surface area contributed by atoms with Gasteiger partial charge in [-0.2, -0.15) is 0 Å². The summed E-state index contributed by atoms with van der Waals surface area (Å²) >= 11 is 0. The molecule has 1 saturated heterocycles. The normalized spacial score (nSPS) is 18.2. The Morgan fingerprint density at radius 1 is 1.58 bits per heavy atom. The number of aromatic nitrogens is 2. The Kier molecular flexibility index (Phi) is 4.33. The quantitative estimate of drug-likeness (QED) is 0.617. The Hall–Kier alpha value is -1.67. The van der Waals surface area contributed by atoms with Crippen molar-refractivity contribution >= 4 is 11.6 Å². The van der Waals surface area contributed by atoms with Crippen molar-refractivity contribution in [2.75, 3.05) is 38.2 Å². The zero-order chi connectivity index (χ0) is 13.8. The highest BCUT2D eigenvalue weighted by Gasteiger charge is 2.22. The summed E-state index contributed by atoms with van der Waals surface area (Å²) in [5, 5.41) is 14.0. The maximum absolute atomic E-state index is 10.9. The molecular weight excluding hydrogens is 250 g/mol. The standard InChI is InChI=1S/C11H19N5O3/c1-9(7-15-3-5-19-6-4-15)13-11-10(16(17)18)12-8-14(11)2/h8-9,13H,3-7H2,1-2H3. The lowest BCUT2D eigenvalue weighted by atomic mass is 10.3. The van der Waals surface area contributed by atoms with E-state index in [1.54, 1.807) is 11.6 Å². The minimum atomic E-state index is -0.468. The van der Waals surface area contributed by atoms with Crippen LogP contribution >= 0.6 is 0 Å². The van der Waals surface area contributed by atoms with Crippen LogP contribution in [0, 0.1) is 10.1 Å². The van der Waals surface area contributed by atoms with E-state index in [2.05, 4.69) is 15.2 Å². The van der Waals surface area contributed by atoms with Crippen LogP contribution in [0.2, 0.25) is 0 Å². The highest BCUT2D eigenvalue weighted by atomic mass is 16.6. The lowest BCUT2D eigenvalue weighted by molar-refractivity contribution is -0.388. The van der Waals surface area contributed by atoms with Crippen molar-refractivity contribution < 1.29 is 9.66 Å². The Balaban J connectivity index is 1.96. The molecule has 1 aliphatic heterocycles. The van der Waals surface area contributed by atoms with Gasteiger partial charge in [0.15, 0.2) is 0 Å². The highest BCUT2D eigenvalue weighted by molar-refractivity contribution is 5.52. The first-order chi connectivity index (χ1) is 9.08. The lowest BCUT2D eigenvalue weighted by Gasteiger charge is -2.29. The van der Waals surface area contributed by atoms with Crippen LogP contribution < -0.4 is 5.32 Å². The summed E-state index contributed by atoms with van der Waals surface area (Å²) in [6, 6.07) is 0.104. The molecule has 0 amide bonds. The summed E-state index contributed by atoms with van der Waals surface area (Å²) in [5.41, 5.74) is 0. The van der Waals surface area contributed by atoms with Crippen molar-refractivity contribution in [3.05, 3.63) is 16.4 Å². The van der Waals surface area contributed by atoms with Gasteiger partial charge in [0.05, 0.1) is 13.2 Å². The summed E-state index contributed by atoms with van der Waals surface area (Å²) < 4.78 is 6.92. The lowest BCUT2D eigenvalue weighted by Crippen LogP contribution is -2.42. The molecule has 1 atom stereocenters. The predicted molar refractivity (Wildman–Crippen MR) is 70.2 cm³/mol. The van der Waals surface area contributed by atoms with Gasteiger partial charge in [-0.3, -0.25) is 9.47 Å². The Morgan fingerprint density at radius 3 is 2.89 bits per heavy atom. The number of hydrogen-bond acceptors (Lipinski definition) is 6. The van der Waals surface area contributed by atoms with Gasteiger partial charge in [-0.15, -0.1) is 0 Å². The summed E-state index contributed by atoms with van der Waals surface area (Å²) in [7, 11) is 1.74. The maximum atomic E-state index is 10.9. The SMILES string of the molecule is CC(CN1CCOCC1)Nc1c([N+](=O)[O-])ncn1C. The van der Waals surface area contributed by atoms with Gasteiger partial charge in [0.2, 0.25) is 12.1 Å². The Bertz CT molecular complexity index is 442. The monoisotopic (exact) mass is 269 g/mol. The van der Waals surface area contributed by atoms with Gasteiger partial charge >= 0.3 is 5.82 Å². The predicted octanol–water partition coefficient (Wildman–Crippen LogP) is 0.461. The van der Waals surface area contributed by atoms with Gasteiger partial charge in [-0.1, -0.05) is 0 Å². The zero-order valence-electron chi connectivity index (χ0n) is 11.2. The van der Waals surface area contributed by atoms with E-state index >= 15 is 0 Å². The zero-order valence-corrected chi connectivity index (χ0v) is 11.2. The number of nitro groups is 1. The van der Waals surface area contributed by atoms with Gasteiger partial charge in [0.1, 0.15) is 0 Å². The molecule has 2 rings (SSSR count). The maximum Gasteiger partial charge on any atom is 0.406 e. The van der Waals surface area contributed by atoms with E-state index in [9.17, 15) is 10.1 Å². The smallest absolute Gasteiger partial charge is 0.379 e. The molecule has 0 aromatic carbocycles. The van der Waals surface area contributed by atoms with Crippen molar-refractivity contribution in [3.8, 4) is 0 Å². The molecule has 1 unspecified atom stereocenters. The summed E-state index contributed by atoms with van der Waals surface area (Å²) in [4.78, 5) is 16.5. The van der Waals surface area contributed by atoms with E-state index < -0.39 is 4.92 Å². The largest absolute Gasteiger partial charge is 0.406 e. The third-order valence-corrected chi connectivity index (χ3v) is 3.11. The fourth-order valence-corrected chi connectivity index (χ4v) is 2.17. The Morgan fingerprint density at radius 2 is 2.26 bits per heavy atom. The van der Waals surface area contributed by atoms with E-state index in [-0.39, 0.29) is 11.9 Å². The molecule has 0 saturated carbocycles. The molecule has 1 fully saturated rings. The highest BCUT2D eigenvalue weighted by Crippen LogP contribution is 2.21. The van der Waals surface area contributed by atoms with Gasteiger partial charge in [0, 0.05) is 32.7 Å². The van der Waals surface area contributed by atoms with Gasteiger partial charge in [-0.05, 0) is 16.8 Å². The molecule has 106 valence electrons. The van der Waals surface area contributed by atoms with E-state index in [0.29, 0.717) is 5.82 Å². The average molecular weight is 269 g/mol. The van der Waals surface area contributed by atoms with Crippen LogP contribution in [-0.4, -0.2) is 58.3 Å². The molecule has 8 heteroatoms. The number of imidazole rings is 1. The molecule has 1 aromatic heterocycles. The molecule has 8 nitrogen and oxygen atoms in total. The molecule has 1 aliphatic rings. The summed E-state index contributed by atoms with van der Waals surface area (Å²) in [5.74, 6) is 0.321. The molecule has 1 N–H and O–H groups in total. The molecule has 0 radical (unpaired) electrons. The van der Waals surface area contributed by atoms with Crippen LogP contribution in [0.3, 0.4) is 0 Å². The van der Waals surface area contributed by atoms with Crippen LogP contribution in [0.5, 0.6) is 0 Å². The number of ether oxygens (including phenoxy) is 1. The van der Waals surface area contributed by atoms with E-state index in [4.69, 9.17) is 4.74 Å². The summed E-state index contributed by atoms with van der Waals surface area (Å²) in [6.45, 7) is 6.13. The number of rotatable bonds is 5. The summed E-state index contributed by atoms with van der Waals surface area (Å²) in [6.07, 6.45) is 1.45. The van der Waals surface area contributed by atoms with Crippen molar-refractivity contribution in [2.45, 2.75) is 13.0 Å². The van der Waals surface area contributed by atoms with Crippen LogP contribution in [-0.2, 0) is 11.8 Å². The molecule has 2 heterocycles. The molecule has 1 aromatic rings. The van der Waals surface area contributed by atoms with Crippen LogP contribution in [0.15, 0.2) is 6.33 Å². The topological polar surface area (TPSA) is 85.5 Å². The number of nitrogens with zero attached hydrogens (tertiary/aromatic N) is 4. The van der Waals surface area contributed by atoms with Crippen LogP contribution in [0.25, 0.3) is 0 Å². The van der Waals surface area contributed by atoms with Crippen molar-refractivity contribution in [1.29, 1.82) is 0 Å². The van der Waals surface area contributed by atoms with Crippen molar-refractivity contribution in [3.63, 3.8) is 0 Å². The first-order valence-electron chi connectivity index (χ1n) is 6.30. The van der Waals surface area contributed by atoms with Gasteiger partial charge in [-0.25, -0.2) is 0 Å². The third kappa shape index (κ3) is 3.42. The minimum absolute atomic E-state index is 0.104. The second-order valence-electron chi connectivity index (χ2n) is 4.74. The average Bonchev–Trinajstić information content (AvgIpc) is 2.72. The van der Waals surface area contributed by atoms with E-state index in [1.165, 1.54) is 6.33 Å². The van der Waals surface area contributed by atoms with E-state index in [1.807, 2.05) is 6.92 Å². The fourth-order valence-electron chi connectivity index (χ4n) is 2.17. The van der Waals surface area contributed by atoms with E-state index in [0.717, 1.165) is 32.8 Å². The number of hydrogen-bond donors (Lipinski definition) is 1. The second-order valence-corrected chi connectivity index (χ2v) is 4.74. The van der Waals surface area contributed by atoms with Gasteiger partial charge < -0.3 is 20.2 Å². The number of aryl methyl sites for hydroxylation is 1. The van der Waals surface area contributed by atoms with Crippen molar-refractivity contribution in [1.82, 2.24) is 14.5 Å². The third-order valence-electron chi connectivity index (χ3n) is 3.11. The number of anilines is 1. The Labute approximate surface area is 111 Å². The first kappa shape index (κ1) is 13.8. The van der Waals surface area contributed by atoms with Gasteiger partial charge in [0.25, 0.3) is 0 Å². The van der Waals surface area contributed by atoms with Crippen LogP contribution in [0.1, 0.15) is 6.92 Å². The van der Waals surface area contributed by atoms with Crippen LogP contribution in [0.4, 0.5) is 11.6 Å². The fraction of sp³-hybridized carbons (Fsp3) is 0.727. The second kappa shape index (κ2) is 5.98. The molecule has 0 spiro atoms. The first-order valence-corrected chi connectivity index (χ1v) is 6.30. The minimum Gasteiger partial charge on any atom is -0.379 e. The molecule has 0 bridgehead atoms. The molecular formula is C11H19N5O3. The molecule has 0 aliphatic carbocycles. The number of morpholine rings is 1. The number of nitrogens with one attached hydrogen (secondary N) is 1. The van der Waals surface area contributed by atoms with Crippen molar-refractivity contribution in [2.24, 2.45) is 7.05 Å². The molecule has 19 heavy (non-hydrogen) atoms.